The first-order valence-electron chi connectivity index (χ1n) is 5.04. The molecule has 0 aromatic heterocycles. The van der Waals surface area contributed by atoms with Gasteiger partial charge >= 0.3 is 5.97 Å². The third kappa shape index (κ3) is 6.86. The highest BCUT2D eigenvalue weighted by Crippen LogP contribution is 1.96. The van der Waals surface area contributed by atoms with Crippen molar-refractivity contribution in [3.63, 3.8) is 0 Å². The maximum absolute atomic E-state index is 10.5. The Hall–Kier alpha value is -0.610. The molecule has 0 bridgehead atoms. The van der Waals surface area contributed by atoms with Crippen molar-refractivity contribution in [3.05, 3.63) is 0 Å². The summed E-state index contributed by atoms with van der Waals surface area (Å²) in [6.45, 7) is 5.37. The van der Waals surface area contributed by atoms with Crippen molar-refractivity contribution in [1.82, 2.24) is 10.2 Å². The first-order chi connectivity index (χ1) is 6.43. The van der Waals surface area contributed by atoms with E-state index in [1.54, 1.807) is 6.92 Å². The molecule has 0 spiro atoms. The molecule has 4 heteroatoms. The molecule has 0 amide bonds. The van der Waals surface area contributed by atoms with Gasteiger partial charge in [0.15, 0.2) is 0 Å². The molecule has 0 aliphatic heterocycles. The summed E-state index contributed by atoms with van der Waals surface area (Å²) >= 11 is 0. The molecule has 2 unspecified atom stereocenters. The van der Waals surface area contributed by atoms with Crippen LogP contribution >= 0.6 is 0 Å². The number of hydrogen-bond acceptors (Lipinski definition) is 3. The van der Waals surface area contributed by atoms with Gasteiger partial charge in [0.1, 0.15) is 0 Å². The van der Waals surface area contributed by atoms with Crippen LogP contribution in [-0.4, -0.2) is 49.2 Å². The molecule has 0 radical (unpaired) electrons. The van der Waals surface area contributed by atoms with Crippen LogP contribution in [0.3, 0.4) is 0 Å². The number of carbonyl (C=O) groups is 1. The second-order valence-electron chi connectivity index (χ2n) is 4.14. The maximum Gasteiger partial charge on any atom is 0.307 e. The SMILES string of the molecule is CC(CCN(C)C)NCC(C)C(=O)O. The van der Waals surface area contributed by atoms with Crippen LogP contribution in [-0.2, 0) is 4.79 Å². The topological polar surface area (TPSA) is 52.6 Å². The van der Waals surface area contributed by atoms with Gasteiger partial charge in [-0.15, -0.1) is 0 Å². The van der Waals surface area contributed by atoms with Gasteiger partial charge in [-0.25, -0.2) is 0 Å². The molecule has 84 valence electrons. The minimum atomic E-state index is -0.739. The molecule has 0 aromatic rings. The molecular formula is C10H22N2O2. The number of carboxylic acid groups (broad SMARTS) is 1. The maximum atomic E-state index is 10.5. The van der Waals surface area contributed by atoms with Gasteiger partial charge in [0.25, 0.3) is 0 Å². The van der Waals surface area contributed by atoms with E-state index >= 15 is 0 Å². The molecule has 0 saturated heterocycles. The monoisotopic (exact) mass is 202 g/mol. The lowest BCUT2D eigenvalue weighted by Gasteiger charge is -2.17. The molecule has 0 aliphatic rings. The summed E-state index contributed by atoms with van der Waals surface area (Å²) in [5.74, 6) is -1.05. The van der Waals surface area contributed by atoms with Crippen LogP contribution in [0.5, 0.6) is 0 Å². The average molecular weight is 202 g/mol. The number of nitrogens with one attached hydrogen (secondary N) is 1. The fourth-order valence-electron chi connectivity index (χ4n) is 1.02. The standard InChI is InChI=1S/C10H22N2O2/c1-8(10(13)14)7-11-9(2)5-6-12(3)4/h8-9,11H,5-7H2,1-4H3,(H,13,14). The number of rotatable bonds is 7. The van der Waals surface area contributed by atoms with E-state index in [9.17, 15) is 4.79 Å². The van der Waals surface area contributed by atoms with Crippen LogP contribution in [0, 0.1) is 5.92 Å². The lowest BCUT2D eigenvalue weighted by atomic mass is 10.1. The summed E-state index contributed by atoms with van der Waals surface area (Å²) in [5.41, 5.74) is 0. The quantitative estimate of drug-likeness (QED) is 0.636. The number of hydrogen-bond donors (Lipinski definition) is 2. The van der Waals surface area contributed by atoms with Crippen LogP contribution in [0.2, 0.25) is 0 Å². The number of carboxylic acids is 1. The van der Waals surface area contributed by atoms with Gasteiger partial charge in [0.2, 0.25) is 0 Å². The van der Waals surface area contributed by atoms with E-state index in [2.05, 4.69) is 17.1 Å². The fourth-order valence-corrected chi connectivity index (χ4v) is 1.02. The van der Waals surface area contributed by atoms with Gasteiger partial charge in [-0.1, -0.05) is 6.92 Å². The summed E-state index contributed by atoms with van der Waals surface area (Å²) in [6, 6.07) is 0.374. The molecule has 0 aliphatic carbocycles. The zero-order valence-electron chi connectivity index (χ0n) is 9.58. The summed E-state index contributed by atoms with van der Waals surface area (Å²) in [5, 5.41) is 11.9. The second kappa shape index (κ2) is 6.79. The Kier molecular flexibility index (Phi) is 6.49. The Morgan fingerprint density at radius 3 is 2.43 bits per heavy atom. The van der Waals surface area contributed by atoms with Crippen LogP contribution in [0.15, 0.2) is 0 Å². The fraction of sp³-hybridized carbons (Fsp3) is 0.900. The van der Waals surface area contributed by atoms with E-state index in [4.69, 9.17) is 5.11 Å². The molecular weight excluding hydrogens is 180 g/mol. The Labute approximate surface area is 86.3 Å². The summed E-state index contributed by atoms with van der Waals surface area (Å²) < 4.78 is 0. The predicted molar refractivity (Wildman–Crippen MR) is 57.4 cm³/mol. The van der Waals surface area contributed by atoms with Gasteiger partial charge in [-0.05, 0) is 34.0 Å². The zero-order chi connectivity index (χ0) is 11.1. The Bertz CT molecular complexity index is 172. The van der Waals surface area contributed by atoms with E-state index in [1.807, 2.05) is 14.1 Å². The Balaban J connectivity index is 3.53. The van der Waals surface area contributed by atoms with E-state index in [0.717, 1.165) is 13.0 Å². The van der Waals surface area contributed by atoms with Crippen molar-refractivity contribution >= 4 is 5.97 Å². The van der Waals surface area contributed by atoms with Crippen LogP contribution in [0.4, 0.5) is 0 Å². The van der Waals surface area contributed by atoms with E-state index in [-0.39, 0.29) is 5.92 Å². The molecule has 14 heavy (non-hydrogen) atoms. The second-order valence-corrected chi connectivity index (χ2v) is 4.14. The van der Waals surface area contributed by atoms with Crippen molar-refractivity contribution in [2.24, 2.45) is 5.92 Å². The summed E-state index contributed by atoms with van der Waals surface area (Å²) in [7, 11) is 4.07. The molecule has 0 fully saturated rings. The van der Waals surface area contributed by atoms with Gasteiger partial charge in [-0.2, -0.15) is 0 Å². The van der Waals surface area contributed by atoms with Crippen LogP contribution in [0.25, 0.3) is 0 Å². The Morgan fingerprint density at radius 2 is 2.00 bits per heavy atom. The van der Waals surface area contributed by atoms with Crippen molar-refractivity contribution in [1.29, 1.82) is 0 Å². The zero-order valence-corrected chi connectivity index (χ0v) is 9.58. The lowest BCUT2D eigenvalue weighted by Crippen LogP contribution is -2.35. The number of nitrogens with zero attached hydrogens (tertiary/aromatic N) is 1. The van der Waals surface area contributed by atoms with E-state index < -0.39 is 5.97 Å². The smallest absolute Gasteiger partial charge is 0.307 e. The molecule has 0 saturated carbocycles. The molecule has 0 heterocycles. The van der Waals surface area contributed by atoms with Crippen molar-refractivity contribution in [2.45, 2.75) is 26.3 Å². The van der Waals surface area contributed by atoms with Gasteiger partial charge in [0.05, 0.1) is 5.92 Å². The van der Waals surface area contributed by atoms with Gasteiger partial charge in [0, 0.05) is 12.6 Å². The highest BCUT2D eigenvalue weighted by atomic mass is 16.4. The minimum Gasteiger partial charge on any atom is -0.481 e. The lowest BCUT2D eigenvalue weighted by molar-refractivity contribution is -0.140. The predicted octanol–water partition coefficient (Wildman–Crippen LogP) is 0.637. The van der Waals surface area contributed by atoms with Gasteiger partial charge in [-0.3, -0.25) is 4.79 Å². The third-order valence-electron chi connectivity index (χ3n) is 2.20. The van der Waals surface area contributed by atoms with Gasteiger partial charge < -0.3 is 15.3 Å². The van der Waals surface area contributed by atoms with Crippen molar-refractivity contribution in [3.8, 4) is 0 Å². The molecule has 0 rings (SSSR count). The van der Waals surface area contributed by atoms with Crippen LogP contribution < -0.4 is 5.32 Å². The average Bonchev–Trinajstić information content (AvgIpc) is 2.10. The van der Waals surface area contributed by atoms with Crippen molar-refractivity contribution in [2.75, 3.05) is 27.2 Å². The third-order valence-corrected chi connectivity index (χ3v) is 2.20. The molecule has 4 nitrogen and oxygen atoms in total. The highest BCUT2D eigenvalue weighted by Gasteiger charge is 2.11. The van der Waals surface area contributed by atoms with Crippen LogP contribution in [0.1, 0.15) is 20.3 Å². The molecule has 2 atom stereocenters. The van der Waals surface area contributed by atoms with E-state index in [0.29, 0.717) is 12.6 Å². The first-order valence-corrected chi connectivity index (χ1v) is 5.04. The minimum absolute atomic E-state index is 0.309. The van der Waals surface area contributed by atoms with E-state index in [1.165, 1.54) is 0 Å². The van der Waals surface area contributed by atoms with Crippen molar-refractivity contribution < 1.29 is 9.90 Å². The largest absolute Gasteiger partial charge is 0.481 e. The molecule has 0 aromatic carbocycles. The Morgan fingerprint density at radius 1 is 1.43 bits per heavy atom. The number of aliphatic carboxylic acids is 1. The normalized spacial score (nSPS) is 15.5. The highest BCUT2D eigenvalue weighted by molar-refractivity contribution is 5.69. The first kappa shape index (κ1) is 13.4. The molecule has 2 N–H and O–H groups in total. The summed E-state index contributed by atoms with van der Waals surface area (Å²) in [4.78, 5) is 12.7. The summed E-state index contributed by atoms with van der Waals surface area (Å²) in [6.07, 6.45) is 1.04.